The quantitative estimate of drug-likeness (QED) is 0.731. The highest BCUT2D eigenvalue weighted by Crippen LogP contribution is 2.34. The maximum Gasteiger partial charge on any atom is 0.228 e. The fourth-order valence-electron chi connectivity index (χ4n) is 3.40. The maximum absolute atomic E-state index is 12.7. The van der Waals surface area contributed by atoms with Crippen LogP contribution in [0.25, 0.3) is 16.3 Å². The molecular weight excluding hydrogens is 358 g/mol. The molecule has 2 aromatic carbocycles. The van der Waals surface area contributed by atoms with Crippen LogP contribution >= 0.6 is 11.3 Å². The second-order valence-electron chi connectivity index (χ2n) is 6.58. The predicted molar refractivity (Wildman–Crippen MR) is 108 cm³/mol. The molecule has 27 heavy (non-hydrogen) atoms. The van der Waals surface area contributed by atoms with Gasteiger partial charge in [0.2, 0.25) is 11.8 Å². The molecule has 0 bridgehead atoms. The van der Waals surface area contributed by atoms with Crippen molar-refractivity contribution in [2.24, 2.45) is 0 Å². The van der Waals surface area contributed by atoms with Gasteiger partial charge in [0.1, 0.15) is 0 Å². The molecule has 0 unspecified atom stereocenters. The van der Waals surface area contributed by atoms with E-state index in [0.717, 1.165) is 26.9 Å². The zero-order chi connectivity index (χ0) is 19.0. The summed E-state index contributed by atoms with van der Waals surface area (Å²) in [4.78, 5) is 30.9. The lowest BCUT2D eigenvalue weighted by molar-refractivity contribution is -0.129. The van der Waals surface area contributed by atoms with Crippen LogP contribution in [0.5, 0.6) is 0 Å². The smallest absolute Gasteiger partial charge is 0.228 e. The van der Waals surface area contributed by atoms with Gasteiger partial charge in [0.15, 0.2) is 5.13 Å². The van der Waals surface area contributed by atoms with Crippen LogP contribution in [0.1, 0.15) is 36.1 Å². The summed E-state index contributed by atoms with van der Waals surface area (Å²) < 4.78 is 1.04. The summed E-state index contributed by atoms with van der Waals surface area (Å²) in [5, 5.41) is 3.48. The number of carbonyl (C=O) groups is 2. The highest BCUT2D eigenvalue weighted by Gasteiger charge is 2.28. The molecule has 0 fully saturated rings. The van der Waals surface area contributed by atoms with E-state index in [4.69, 9.17) is 0 Å². The first-order valence-corrected chi connectivity index (χ1v) is 9.56. The van der Waals surface area contributed by atoms with E-state index in [-0.39, 0.29) is 24.3 Å². The van der Waals surface area contributed by atoms with Crippen LogP contribution < -0.4 is 5.32 Å². The third-order valence-corrected chi connectivity index (χ3v) is 5.65. The Hall–Kier alpha value is -2.99. The minimum atomic E-state index is -0.320. The Kier molecular flexibility index (Phi) is 4.49. The number of benzene rings is 2. The summed E-state index contributed by atoms with van der Waals surface area (Å²) >= 11 is 1.46. The summed E-state index contributed by atoms with van der Waals surface area (Å²) in [6.07, 6.45) is 3.83. The average Bonchev–Trinajstić information content (AvgIpc) is 3.05. The molecular formula is C21H19N3O2S. The third kappa shape index (κ3) is 3.36. The summed E-state index contributed by atoms with van der Waals surface area (Å²) in [7, 11) is 0. The third-order valence-electron chi connectivity index (χ3n) is 4.71. The number of aryl methyl sites for hydroxylation is 1. The van der Waals surface area contributed by atoms with Gasteiger partial charge in [-0.25, -0.2) is 4.98 Å². The van der Waals surface area contributed by atoms with Crippen LogP contribution in [-0.4, -0.2) is 21.7 Å². The van der Waals surface area contributed by atoms with Crippen LogP contribution in [-0.2, 0) is 9.59 Å². The zero-order valence-electron chi connectivity index (χ0n) is 15.1. The Morgan fingerprint density at radius 3 is 2.78 bits per heavy atom. The Morgan fingerprint density at radius 1 is 1.19 bits per heavy atom. The molecule has 3 aromatic rings. The molecule has 0 aliphatic carbocycles. The van der Waals surface area contributed by atoms with Crippen molar-refractivity contribution in [1.29, 1.82) is 0 Å². The molecule has 0 spiro atoms. The van der Waals surface area contributed by atoms with Crippen LogP contribution in [0, 0.1) is 6.92 Å². The van der Waals surface area contributed by atoms with Gasteiger partial charge in [0, 0.05) is 13.1 Å². The number of nitrogens with one attached hydrogen (secondary N) is 1. The first-order chi connectivity index (χ1) is 13.0. The molecule has 1 aliphatic heterocycles. The fourth-order valence-corrected chi connectivity index (χ4v) is 4.36. The minimum Gasteiger partial charge on any atom is -0.311 e. The molecule has 0 saturated carbocycles. The van der Waals surface area contributed by atoms with Gasteiger partial charge < -0.3 is 10.2 Å². The number of carbonyl (C=O) groups excluding carboxylic acids is 2. The summed E-state index contributed by atoms with van der Waals surface area (Å²) in [6.45, 7) is 3.52. The second-order valence-corrected chi connectivity index (χ2v) is 7.61. The van der Waals surface area contributed by atoms with Crippen LogP contribution in [0.2, 0.25) is 0 Å². The zero-order valence-corrected chi connectivity index (χ0v) is 15.9. The number of fused-ring (bicyclic) bond motifs is 2. The SMILES string of the molecule is CC(=O)N1C=Cc2ccccc2[C@@H]1CC(=O)Nc1nc2c(C)cccc2s1. The van der Waals surface area contributed by atoms with Gasteiger partial charge in [-0.2, -0.15) is 0 Å². The highest BCUT2D eigenvalue weighted by atomic mass is 32.1. The predicted octanol–water partition coefficient (Wildman–Crippen LogP) is 4.51. The molecule has 2 heterocycles. The van der Waals surface area contributed by atoms with E-state index in [2.05, 4.69) is 10.3 Å². The lowest BCUT2D eigenvalue weighted by Gasteiger charge is -2.32. The van der Waals surface area contributed by atoms with Crippen LogP contribution in [0.4, 0.5) is 5.13 Å². The highest BCUT2D eigenvalue weighted by molar-refractivity contribution is 7.22. The molecule has 1 aliphatic rings. The number of amides is 2. The number of nitrogens with zero attached hydrogens (tertiary/aromatic N) is 2. The van der Waals surface area contributed by atoms with Crippen LogP contribution in [0.3, 0.4) is 0 Å². The molecule has 1 N–H and O–H groups in total. The monoisotopic (exact) mass is 377 g/mol. The van der Waals surface area contributed by atoms with Crippen molar-refractivity contribution in [3.05, 3.63) is 65.4 Å². The van der Waals surface area contributed by atoms with Crippen molar-refractivity contribution >= 4 is 44.6 Å². The number of rotatable bonds is 3. The molecule has 136 valence electrons. The molecule has 0 saturated heterocycles. The number of aromatic nitrogens is 1. The summed E-state index contributed by atoms with van der Waals surface area (Å²) in [6, 6.07) is 13.5. The first-order valence-electron chi connectivity index (χ1n) is 8.75. The number of para-hydroxylation sites is 1. The van der Waals surface area contributed by atoms with Crippen LogP contribution in [0.15, 0.2) is 48.7 Å². The van der Waals surface area contributed by atoms with Gasteiger partial charge in [0.05, 0.1) is 22.7 Å². The molecule has 1 atom stereocenters. The van der Waals surface area contributed by atoms with E-state index < -0.39 is 0 Å². The van der Waals surface area contributed by atoms with Crippen molar-refractivity contribution in [1.82, 2.24) is 9.88 Å². The normalized spacial score (nSPS) is 15.6. The van der Waals surface area contributed by atoms with Crippen molar-refractivity contribution in [2.45, 2.75) is 26.3 Å². The summed E-state index contributed by atoms with van der Waals surface area (Å²) in [5.74, 6) is -0.248. The van der Waals surface area contributed by atoms with Crippen molar-refractivity contribution in [3.63, 3.8) is 0 Å². The first kappa shape index (κ1) is 17.4. The molecule has 0 radical (unpaired) electrons. The summed E-state index contributed by atoms with van der Waals surface area (Å²) in [5.41, 5.74) is 4.00. The topological polar surface area (TPSA) is 62.3 Å². The number of hydrogen-bond donors (Lipinski definition) is 1. The molecule has 2 amide bonds. The van der Waals surface area contributed by atoms with Gasteiger partial charge in [-0.05, 0) is 35.8 Å². The van der Waals surface area contributed by atoms with Gasteiger partial charge in [0.25, 0.3) is 0 Å². The van der Waals surface area contributed by atoms with E-state index in [1.54, 1.807) is 11.1 Å². The van der Waals surface area contributed by atoms with Crippen molar-refractivity contribution in [3.8, 4) is 0 Å². The molecule has 1 aromatic heterocycles. The molecule has 6 heteroatoms. The van der Waals surface area contributed by atoms with Crippen molar-refractivity contribution in [2.75, 3.05) is 5.32 Å². The number of anilines is 1. The Labute approximate surface area is 161 Å². The van der Waals surface area contributed by atoms with Crippen molar-refractivity contribution < 1.29 is 9.59 Å². The van der Waals surface area contributed by atoms with E-state index in [9.17, 15) is 9.59 Å². The fraction of sp³-hybridized carbons (Fsp3) is 0.190. The Balaban J connectivity index is 1.57. The van der Waals surface area contributed by atoms with E-state index in [1.165, 1.54) is 18.3 Å². The number of thiazole rings is 1. The van der Waals surface area contributed by atoms with E-state index in [1.807, 2.05) is 55.5 Å². The molecule has 4 rings (SSSR count). The lowest BCUT2D eigenvalue weighted by Crippen LogP contribution is -2.33. The van der Waals surface area contributed by atoms with E-state index in [0.29, 0.717) is 5.13 Å². The Bertz CT molecular complexity index is 1070. The van der Waals surface area contributed by atoms with Gasteiger partial charge in [-0.1, -0.05) is 47.7 Å². The lowest BCUT2D eigenvalue weighted by atomic mass is 9.93. The minimum absolute atomic E-state index is 0.0887. The largest absolute Gasteiger partial charge is 0.311 e. The maximum atomic E-state index is 12.7. The van der Waals surface area contributed by atoms with Gasteiger partial charge >= 0.3 is 0 Å². The number of hydrogen-bond acceptors (Lipinski definition) is 4. The second kappa shape index (κ2) is 6.96. The van der Waals surface area contributed by atoms with Gasteiger partial charge in [-0.15, -0.1) is 0 Å². The average molecular weight is 377 g/mol. The Morgan fingerprint density at radius 2 is 2.00 bits per heavy atom. The van der Waals surface area contributed by atoms with E-state index >= 15 is 0 Å². The molecule has 5 nitrogen and oxygen atoms in total. The van der Waals surface area contributed by atoms with Gasteiger partial charge in [-0.3, -0.25) is 9.59 Å². The standard InChI is InChI=1S/C21H19N3O2S/c1-13-6-5-9-18-20(13)23-21(27-18)22-19(26)12-17-16-8-4-3-7-15(16)10-11-24(17)14(2)25/h3-11,17H,12H2,1-2H3,(H,22,23,26)/t17-/m0/s1.